The van der Waals surface area contributed by atoms with E-state index >= 15 is 0 Å². The molecule has 1 aliphatic rings. The molecule has 2 rings (SSSR count). The van der Waals surface area contributed by atoms with Gasteiger partial charge in [0.2, 0.25) is 0 Å². The summed E-state index contributed by atoms with van der Waals surface area (Å²) < 4.78 is 10.9. The molecule has 22 heavy (non-hydrogen) atoms. The molecule has 0 saturated carbocycles. The van der Waals surface area contributed by atoms with Gasteiger partial charge in [0.15, 0.2) is 0 Å². The van der Waals surface area contributed by atoms with E-state index in [2.05, 4.69) is 19.9 Å². The van der Waals surface area contributed by atoms with Crippen LogP contribution in [-0.2, 0) is 6.54 Å². The third kappa shape index (κ3) is 4.14. The minimum absolute atomic E-state index is 0.841. The van der Waals surface area contributed by atoms with E-state index in [9.17, 15) is 0 Å². The number of quaternary nitrogens is 2. The number of ether oxygens (including phenoxy) is 2. The van der Waals surface area contributed by atoms with Gasteiger partial charge in [-0.15, -0.1) is 0 Å². The second-order valence-electron chi connectivity index (χ2n) is 6.28. The van der Waals surface area contributed by atoms with E-state index in [1.807, 2.05) is 12.1 Å². The number of hydrogen-bond donors (Lipinski definition) is 2. The summed E-state index contributed by atoms with van der Waals surface area (Å²) in [5.74, 6) is 1.89. The van der Waals surface area contributed by atoms with Crippen molar-refractivity contribution in [1.82, 2.24) is 0 Å². The first-order chi connectivity index (χ1) is 10.7. The average molecular weight is 308 g/mol. The Hall–Kier alpha value is -1.26. The Morgan fingerprint density at radius 3 is 2.23 bits per heavy atom. The van der Waals surface area contributed by atoms with Crippen molar-refractivity contribution in [3.8, 4) is 11.5 Å². The van der Waals surface area contributed by atoms with E-state index in [0.717, 1.165) is 24.1 Å². The predicted octanol–water partition coefficient (Wildman–Crippen LogP) is 0.176. The van der Waals surface area contributed by atoms with E-state index in [1.54, 1.807) is 24.0 Å². The lowest BCUT2D eigenvalue weighted by molar-refractivity contribution is -1.03. The van der Waals surface area contributed by atoms with Crippen LogP contribution in [-0.4, -0.2) is 46.4 Å². The first kappa shape index (κ1) is 17.1. The molecular weight excluding hydrogens is 276 g/mol. The van der Waals surface area contributed by atoms with Crippen LogP contribution in [0.2, 0.25) is 0 Å². The summed E-state index contributed by atoms with van der Waals surface area (Å²) in [6.45, 7) is 10.7. The predicted molar refractivity (Wildman–Crippen MR) is 89.0 cm³/mol. The van der Waals surface area contributed by atoms with Crippen molar-refractivity contribution in [2.24, 2.45) is 0 Å². The summed E-state index contributed by atoms with van der Waals surface area (Å²) in [5, 5.41) is 0. The van der Waals surface area contributed by atoms with Crippen molar-refractivity contribution in [3.05, 3.63) is 23.8 Å². The van der Waals surface area contributed by atoms with Crippen LogP contribution >= 0.6 is 0 Å². The molecule has 1 aromatic rings. The van der Waals surface area contributed by atoms with E-state index in [4.69, 9.17) is 9.47 Å². The van der Waals surface area contributed by atoms with Gasteiger partial charge in [0.05, 0.1) is 25.8 Å². The maximum atomic E-state index is 5.51. The van der Waals surface area contributed by atoms with Gasteiger partial charge in [-0.25, -0.2) is 0 Å². The smallest absolute Gasteiger partial charge is 0.127 e. The van der Waals surface area contributed by atoms with E-state index in [-0.39, 0.29) is 0 Å². The molecule has 2 N–H and O–H groups in total. The highest BCUT2D eigenvalue weighted by Crippen LogP contribution is 2.23. The van der Waals surface area contributed by atoms with Crippen LogP contribution < -0.4 is 19.3 Å². The quantitative estimate of drug-likeness (QED) is 0.752. The van der Waals surface area contributed by atoms with Crippen molar-refractivity contribution in [2.45, 2.75) is 39.3 Å². The van der Waals surface area contributed by atoms with Gasteiger partial charge in [-0.05, 0) is 31.0 Å². The van der Waals surface area contributed by atoms with Crippen molar-refractivity contribution in [2.75, 3.05) is 40.4 Å². The van der Waals surface area contributed by atoms with E-state index in [1.165, 1.54) is 44.6 Å². The van der Waals surface area contributed by atoms with Crippen LogP contribution in [0.5, 0.6) is 11.5 Å². The number of rotatable bonds is 7. The lowest BCUT2D eigenvalue weighted by Gasteiger charge is -2.34. The Labute approximate surface area is 135 Å². The molecule has 0 bridgehead atoms. The fourth-order valence-corrected chi connectivity index (χ4v) is 3.67. The van der Waals surface area contributed by atoms with Gasteiger partial charge in [-0.3, -0.25) is 0 Å². The van der Waals surface area contributed by atoms with Gasteiger partial charge in [0.1, 0.15) is 44.2 Å². The van der Waals surface area contributed by atoms with Gasteiger partial charge in [-0.2, -0.15) is 0 Å². The minimum atomic E-state index is 0.841. The highest BCUT2D eigenvalue weighted by molar-refractivity contribution is 5.39. The molecule has 0 unspecified atom stereocenters. The molecule has 0 atom stereocenters. The second-order valence-corrected chi connectivity index (χ2v) is 6.28. The number of hydrogen-bond acceptors (Lipinski definition) is 2. The maximum absolute atomic E-state index is 5.51. The Morgan fingerprint density at radius 1 is 1.00 bits per heavy atom. The van der Waals surface area contributed by atoms with Gasteiger partial charge in [-0.1, -0.05) is 13.8 Å². The zero-order chi connectivity index (χ0) is 15.9. The Kier molecular flexibility index (Phi) is 6.52. The van der Waals surface area contributed by atoms with Crippen molar-refractivity contribution >= 4 is 0 Å². The van der Waals surface area contributed by atoms with Crippen LogP contribution in [0.25, 0.3) is 0 Å². The number of benzene rings is 1. The zero-order valence-corrected chi connectivity index (χ0v) is 14.6. The highest BCUT2D eigenvalue weighted by Gasteiger charge is 2.28. The lowest BCUT2D eigenvalue weighted by Crippen LogP contribution is -3.29. The Bertz CT molecular complexity index is 452. The first-order valence-corrected chi connectivity index (χ1v) is 8.60. The molecule has 0 spiro atoms. The summed E-state index contributed by atoms with van der Waals surface area (Å²) in [6, 6.07) is 6.94. The molecule has 0 aliphatic carbocycles. The molecule has 1 fully saturated rings. The second kappa shape index (κ2) is 8.39. The van der Waals surface area contributed by atoms with Crippen LogP contribution in [0.15, 0.2) is 18.2 Å². The van der Waals surface area contributed by atoms with Gasteiger partial charge in [0, 0.05) is 0 Å². The molecule has 4 nitrogen and oxygen atoms in total. The summed E-state index contributed by atoms with van der Waals surface area (Å²) in [4.78, 5) is 3.45. The number of methoxy groups -OCH3 is 2. The van der Waals surface area contributed by atoms with E-state index in [0.29, 0.717) is 0 Å². The topological polar surface area (TPSA) is 27.3 Å². The molecule has 1 aliphatic heterocycles. The molecule has 4 heteroatoms. The Morgan fingerprint density at radius 2 is 1.68 bits per heavy atom. The summed E-state index contributed by atoms with van der Waals surface area (Å²) in [7, 11) is 3.46. The molecule has 1 heterocycles. The SMILES string of the molecule is CCC(CC)[NH+]1CC[NH+](Cc2cc(OC)ccc2OC)CC1. The van der Waals surface area contributed by atoms with Crippen molar-refractivity contribution in [3.63, 3.8) is 0 Å². The Balaban J connectivity index is 1.96. The molecule has 1 saturated heterocycles. The van der Waals surface area contributed by atoms with Crippen molar-refractivity contribution < 1.29 is 19.3 Å². The third-order valence-electron chi connectivity index (χ3n) is 5.09. The summed E-state index contributed by atoms with van der Waals surface area (Å²) in [5.41, 5.74) is 1.25. The van der Waals surface area contributed by atoms with Gasteiger partial charge >= 0.3 is 0 Å². The molecule has 0 radical (unpaired) electrons. The summed E-state index contributed by atoms with van der Waals surface area (Å²) in [6.07, 6.45) is 2.59. The fourth-order valence-electron chi connectivity index (χ4n) is 3.67. The summed E-state index contributed by atoms with van der Waals surface area (Å²) >= 11 is 0. The van der Waals surface area contributed by atoms with Gasteiger partial charge in [0.25, 0.3) is 0 Å². The lowest BCUT2D eigenvalue weighted by atomic mass is 10.1. The molecule has 1 aromatic carbocycles. The zero-order valence-electron chi connectivity index (χ0n) is 14.6. The van der Waals surface area contributed by atoms with Crippen LogP contribution in [0.1, 0.15) is 32.3 Å². The third-order valence-corrected chi connectivity index (χ3v) is 5.09. The fraction of sp³-hybridized carbons (Fsp3) is 0.667. The largest absolute Gasteiger partial charge is 0.497 e. The molecule has 0 aromatic heterocycles. The van der Waals surface area contributed by atoms with E-state index < -0.39 is 0 Å². The number of nitrogens with one attached hydrogen (secondary N) is 2. The maximum Gasteiger partial charge on any atom is 0.127 e. The molecular formula is C18H32N2O2+2. The van der Waals surface area contributed by atoms with Crippen molar-refractivity contribution in [1.29, 1.82) is 0 Å². The standard InChI is InChI=1S/C18H30N2O2/c1-5-16(6-2)20-11-9-19(10-12-20)14-15-13-17(21-3)7-8-18(15)22-4/h7-8,13,16H,5-6,9-12,14H2,1-4H3/p+2. The monoisotopic (exact) mass is 308 g/mol. The molecule has 0 amide bonds. The minimum Gasteiger partial charge on any atom is -0.497 e. The normalized spacial score (nSPS) is 21.9. The van der Waals surface area contributed by atoms with Crippen LogP contribution in [0.4, 0.5) is 0 Å². The van der Waals surface area contributed by atoms with Gasteiger partial charge < -0.3 is 19.3 Å². The van der Waals surface area contributed by atoms with Crippen LogP contribution in [0, 0.1) is 0 Å². The number of piperazine rings is 1. The average Bonchev–Trinajstić information content (AvgIpc) is 2.57. The molecule has 124 valence electrons. The first-order valence-electron chi connectivity index (χ1n) is 8.60. The highest BCUT2D eigenvalue weighted by atomic mass is 16.5. The van der Waals surface area contributed by atoms with Crippen LogP contribution in [0.3, 0.4) is 0 Å².